The third-order valence-corrected chi connectivity index (χ3v) is 2.93. The molecular weight excluding hydrogens is 140 g/mol. The molecule has 1 aliphatic heterocycles. The molecule has 0 unspecified atom stereocenters. The summed E-state index contributed by atoms with van der Waals surface area (Å²) in [5, 5.41) is 0. The van der Waals surface area contributed by atoms with Crippen LogP contribution < -0.4 is 5.73 Å². The Morgan fingerprint density at radius 2 is 2.09 bits per heavy atom. The molecule has 3 nitrogen and oxygen atoms in total. The Morgan fingerprint density at radius 1 is 1.36 bits per heavy atom. The van der Waals surface area contributed by atoms with Crippen molar-refractivity contribution in [3.8, 4) is 0 Å². The van der Waals surface area contributed by atoms with E-state index in [1.807, 2.05) is 0 Å². The highest BCUT2D eigenvalue weighted by atomic mass is 16.2. The Labute approximate surface area is 66.5 Å². The SMILES string of the molecule is NC(=O)N1CCCC2(CC2)C1. The van der Waals surface area contributed by atoms with Crippen LogP contribution in [-0.2, 0) is 0 Å². The second kappa shape index (κ2) is 2.13. The van der Waals surface area contributed by atoms with Crippen LogP contribution >= 0.6 is 0 Å². The first-order valence-corrected chi connectivity index (χ1v) is 4.26. The van der Waals surface area contributed by atoms with E-state index in [4.69, 9.17) is 5.73 Å². The van der Waals surface area contributed by atoms with Crippen molar-refractivity contribution in [2.75, 3.05) is 13.1 Å². The lowest BCUT2D eigenvalue weighted by Crippen LogP contribution is -2.43. The highest BCUT2D eigenvalue weighted by Gasteiger charge is 2.45. The van der Waals surface area contributed by atoms with Crippen LogP contribution in [0.5, 0.6) is 0 Å². The summed E-state index contributed by atoms with van der Waals surface area (Å²) in [4.78, 5) is 12.6. The number of carbonyl (C=O) groups excluding carboxylic acids is 1. The lowest BCUT2D eigenvalue weighted by molar-refractivity contribution is 0.166. The lowest BCUT2D eigenvalue weighted by Gasteiger charge is -2.31. The average molecular weight is 154 g/mol. The summed E-state index contributed by atoms with van der Waals surface area (Å²) >= 11 is 0. The summed E-state index contributed by atoms with van der Waals surface area (Å²) in [5.74, 6) is 0. The Morgan fingerprint density at radius 3 is 2.64 bits per heavy atom. The number of primary amides is 1. The normalized spacial score (nSPS) is 27.1. The Hall–Kier alpha value is -0.730. The molecule has 2 fully saturated rings. The van der Waals surface area contributed by atoms with E-state index in [1.54, 1.807) is 4.90 Å². The van der Waals surface area contributed by atoms with Crippen LogP contribution in [0.2, 0.25) is 0 Å². The van der Waals surface area contributed by atoms with Crippen LogP contribution in [0, 0.1) is 5.41 Å². The third-order valence-electron chi connectivity index (χ3n) is 2.93. The Kier molecular flexibility index (Phi) is 1.34. The zero-order valence-electron chi connectivity index (χ0n) is 6.68. The molecule has 0 atom stereocenters. The van der Waals surface area contributed by atoms with E-state index in [1.165, 1.54) is 19.3 Å². The number of hydrogen-bond acceptors (Lipinski definition) is 1. The van der Waals surface area contributed by atoms with Crippen molar-refractivity contribution in [2.24, 2.45) is 11.1 Å². The minimum absolute atomic E-state index is 0.240. The smallest absolute Gasteiger partial charge is 0.314 e. The predicted octanol–water partition coefficient (Wildman–Crippen LogP) is 0.941. The molecule has 0 bridgehead atoms. The molecule has 1 aliphatic carbocycles. The fourth-order valence-electron chi connectivity index (χ4n) is 1.98. The van der Waals surface area contributed by atoms with Crippen molar-refractivity contribution in [1.82, 2.24) is 4.90 Å². The number of carbonyl (C=O) groups is 1. The molecule has 2 N–H and O–H groups in total. The lowest BCUT2D eigenvalue weighted by atomic mass is 9.95. The first-order chi connectivity index (χ1) is 5.22. The molecule has 1 saturated heterocycles. The fourth-order valence-corrected chi connectivity index (χ4v) is 1.98. The van der Waals surface area contributed by atoms with Gasteiger partial charge in [-0.15, -0.1) is 0 Å². The molecule has 0 radical (unpaired) electrons. The predicted molar refractivity (Wildman–Crippen MR) is 42.1 cm³/mol. The molecule has 2 amide bonds. The summed E-state index contributed by atoms with van der Waals surface area (Å²) < 4.78 is 0. The van der Waals surface area contributed by atoms with Gasteiger partial charge in [-0.1, -0.05) is 0 Å². The highest BCUT2D eigenvalue weighted by Crippen LogP contribution is 2.51. The zero-order chi connectivity index (χ0) is 7.90. The molecule has 2 aliphatic rings. The topological polar surface area (TPSA) is 46.3 Å². The fraction of sp³-hybridized carbons (Fsp3) is 0.875. The van der Waals surface area contributed by atoms with E-state index in [-0.39, 0.29) is 6.03 Å². The van der Waals surface area contributed by atoms with Gasteiger partial charge in [0.1, 0.15) is 0 Å². The summed E-state index contributed by atoms with van der Waals surface area (Å²) in [6, 6.07) is -0.240. The third kappa shape index (κ3) is 1.19. The van der Waals surface area contributed by atoms with E-state index < -0.39 is 0 Å². The Balaban J connectivity index is 1.98. The molecule has 1 heterocycles. The van der Waals surface area contributed by atoms with E-state index in [2.05, 4.69) is 0 Å². The molecule has 1 spiro atoms. The minimum atomic E-state index is -0.240. The number of rotatable bonds is 0. The number of hydrogen-bond donors (Lipinski definition) is 1. The monoisotopic (exact) mass is 154 g/mol. The van der Waals surface area contributed by atoms with Crippen LogP contribution in [0.25, 0.3) is 0 Å². The van der Waals surface area contributed by atoms with E-state index in [0.717, 1.165) is 19.5 Å². The Bertz CT molecular complexity index is 187. The first-order valence-electron chi connectivity index (χ1n) is 4.26. The van der Waals surface area contributed by atoms with Gasteiger partial charge in [0.05, 0.1) is 0 Å². The number of amides is 2. The van der Waals surface area contributed by atoms with E-state index in [9.17, 15) is 4.79 Å². The van der Waals surface area contributed by atoms with Gasteiger partial charge in [-0.05, 0) is 31.1 Å². The molecule has 0 aromatic heterocycles. The number of likely N-dealkylation sites (tertiary alicyclic amines) is 1. The summed E-state index contributed by atoms with van der Waals surface area (Å²) in [7, 11) is 0. The number of nitrogens with zero attached hydrogens (tertiary/aromatic N) is 1. The van der Waals surface area contributed by atoms with Crippen LogP contribution in [0.15, 0.2) is 0 Å². The summed E-state index contributed by atoms with van der Waals surface area (Å²) in [6.07, 6.45) is 5.05. The zero-order valence-corrected chi connectivity index (χ0v) is 6.68. The molecule has 0 aromatic rings. The molecule has 0 aromatic carbocycles. The molecule has 3 heteroatoms. The van der Waals surface area contributed by atoms with Crippen molar-refractivity contribution in [2.45, 2.75) is 25.7 Å². The van der Waals surface area contributed by atoms with Crippen molar-refractivity contribution in [3.63, 3.8) is 0 Å². The average Bonchev–Trinajstić information content (AvgIpc) is 2.69. The van der Waals surface area contributed by atoms with Gasteiger partial charge in [-0.25, -0.2) is 4.79 Å². The van der Waals surface area contributed by atoms with Gasteiger partial charge in [0.25, 0.3) is 0 Å². The molecule has 11 heavy (non-hydrogen) atoms. The van der Waals surface area contributed by atoms with Crippen molar-refractivity contribution < 1.29 is 4.79 Å². The molecule has 2 rings (SSSR count). The van der Waals surface area contributed by atoms with Crippen molar-refractivity contribution in [1.29, 1.82) is 0 Å². The van der Waals surface area contributed by atoms with Gasteiger partial charge in [-0.3, -0.25) is 0 Å². The highest BCUT2D eigenvalue weighted by molar-refractivity contribution is 5.72. The standard InChI is InChI=1S/C8H14N2O/c9-7(11)10-5-1-2-8(6-10)3-4-8/h1-6H2,(H2,9,11). The van der Waals surface area contributed by atoms with Crippen molar-refractivity contribution >= 4 is 6.03 Å². The van der Waals surface area contributed by atoms with E-state index in [0.29, 0.717) is 5.41 Å². The second-order valence-electron chi connectivity index (χ2n) is 3.86. The number of piperidine rings is 1. The quantitative estimate of drug-likeness (QED) is 0.554. The molecule has 62 valence electrons. The maximum absolute atomic E-state index is 10.8. The molecule has 1 saturated carbocycles. The summed E-state index contributed by atoms with van der Waals surface area (Å²) in [6.45, 7) is 1.79. The molecular formula is C8H14N2O. The van der Waals surface area contributed by atoms with Gasteiger partial charge >= 0.3 is 6.03 Å². The van der Waals surface area contributed by atoms with Gasteiger partial charge in [0.15, 0.2) is 0 Å². The maximum Gasteiger partial charge on any atom is 0.314 e. The van der Waals surface area contributed by atoms with Crippen LogP contribution in [0.4, 0.5) is 4.79 Å². The number of urea groups is 1. The van der Waals surface area contributed by atoms with E-state index >= 15 is 0 Å². The number of nitrogens with two attached hydrogens (primary N) is 1. The largest absolute Gasteiger partial charge is 0.351 e. The van der Waals surface area contributed by atoms with Gasteiger partial charge < -0.3 is 10.6 Å². The first kappa shape index (κ1) is 6.95. The van der Waals surface area contributed by atoms with Gasteiger partial charge in [0, 0.05) is 13.1 Å². The van der Waals surface area contributed by atoms with Gasteiger partial charge in [0.2, 0.25) is 0 Å². The second-order valence-corrected chi connectivity index (χ2v) is 3.86. The van der Waals surface area contributed by atoms with Gasteiger partial charge in [-0.2, -0.15) is 0 Å². The maximum atomic E-state index is 10.8. The van der Waals surface area contributed by atoms with Crippen LogP contribution in [0.1, 0.15) is 25.7 Å². The summed E-state index contributed by atoms with van der Waals surface area (Å²) in [5.41, 5.74) is 5.71. The van der Waals surface area contributed by atoms with Crippen LogP contribution in [0.3, 0.4) is 0 Å². The minimum Gasteiger partial charge on any atom is -0.351 e. The van der Waals surface area contributed by atoms with Crippen LogP contribution in [-0.4, -0.2) is 24.0 Å². The van der Waals surface area contributed by atoms with Crippen molar-refractivity contribution in [3.05, 3.63) is 0 Å².